The molecule has 0 unspecified atom stereocenters. The average Bonchev–Trinajstić information content (AvgIpc) is 3.02. The zero-order valence-electron chi connectivity index (χ0n) is 9.38. The van der Waals surface area contributed by atoms with Crippen LogP contribution >= 0.6 is 0 Å². The van der Waals surface area contributed by atoms with Gasteiger partial charge < -0.3 is 0 Å². The summed E-state index contributed by atoms with van der Waals surface area (Å²) in [5.41, 5.74) is 0.967. The van der Waals surface area contributed by atoms with Gasteiger partial charge in [-0.25, -0.2) is 0 Å². The molecule has 0 aliphatic carbocycles. The van der Waals surface area contributed by atoms with Crippen molar-refractivity contribution in [1.82, 2.24) is 29.1 Å². The fourth-order valence-electron chi connectivity index (χ4n) is 1.76. The zero-order chi connectivity index (χ0) is 11.7. The van der Waals surface area contributed by atoms with Crippen molar-refractivity contribution in [3.8, 4) is 0 Å². The van der Waals surface area contributed by atoms with Crippen LogP contribution in [-0.2, 0) is 0 Å². The Labute approximate surface area is 98.6 Å². The Balaban J connectivity index is 2.09. The lowest BCUT2D eigenvalue weighted by Crippen LogP contribution is -2.42. The van der Waals surface area contributed by atoms with Crippen LogP contribution in [0.25, 0.3) is 0 Å². The Morgan fingerprint density at radius 1 is 0.941 bits per heavy atom. The minimum Gasteiger partial charge on any atom is -0.269 e. The van der Waals surface area contributed by atoms with E-state index in [1.54, 1.807) is 21.6 Å². The molecule has 0 aliphatic rings. The van der Waals surface area contributed by atoms with Gasteiger partial charge in [-0.2, -0.15) is 15.3 Å². The third-order valence-corrected chi connectivity index (χ3v) is 2.50. The molecule has 6 nitrogen and oxygen atoms in total. The van der Waals surface area contributed by atoms with Gasteiger partial charge in [0.05, 0.1) is 5.69 Å². The molecule has 7 heteroatoms. The van der Waals surface area contributed by atoms with Crippen LogP contribution in [0.4, 0.5) is 0 Å². The molecule has 3 heterocycles. The molecule has 17 heavy (non-hydrogen) atoms. The minimum atomic E-state index is -0.200. The highest BCUT2D eigenvalue weighted by Gasteiger charge is 2.26. The van der Waals surface area contributed by atoms with E-state index in [-0.39, 0.29) is 7.12 Å². The van der Waals surface area contributed by atoms with Crippen molar-refractivity contribution in [3.05, 3.63) is 54.9 Å². The molecule has 3 aromatic heterocycles. The first kappa shape index (κ1) is 9.89. The number of aryl methyl sites for hydroxylation is 1. The molecule has 0 N–H and O–H groups in total. The van der Waals surface area contributed by atoms with E-state index in [2.05, 4.69) is 15.3 Å². The molecule has 84 valence electrons. The molecule has 3 aromatic rings. The van der Waals surface area contributed by atoms with Gasteiger partial charge >= 0.3 is 7.12 Å². The highest BCUT2D eigenvalue weighted by atomic mass is 15.4. The first-order chi connectivity index (χ1) is 8.34. The van der Waals surface area contributed by atoms with Crippen LogP contribution < -0.4 is 0 Å². The third-order valence-electron chi connectivity index (χ3n) is 2.50. The Morgan fingerprint density at radius 2 is 1.59 bits per heavy atom. The van der Waals surface area contributed by atoms with Crippen molar-refractivity contribution in [2.24, 2.45) is 0 Å². The van der Waals surface area contributed by atoms with Gasteiger partial charge in [0.2, 0.25) is 0 Å². The second-order valence-electron chi connectivity index (χ2n) is 3.76. The fourth-order valence-corrected chi connectivity index (χ4v) is 1.76. The van der Waals surface area contributed by atoms with Crippen LogP contribution in [0.3, 0.4) is 0 Å². The van der Waals surface area contributed by atoms with Crippen LogP contribution in [0.1, 0.15) is 5.69 Å². The molecule has 0 atom stereocenters. The summed E-state index contributed by atoms with van der Waals surface area (Å²) in [4.78, 5) is 0. The van der Waals surface area contributed by atoms with Crippen LogP contribution in [0.5, 0.6) is 0 Å². The van der Waals surface area contributed by atoms with Crippen molar-refractivity contribution in [3.63, 3.8) is 0 Å². The predicted octanol–water partition coefficient (Wildman–Crippen LogP) is 0.514. The molecule has 0 saturated carbocycles. The fraction of sp³-hybridized carbons (Fsp3) is 0.100. The number of aromatic nitrogens is 6. The van der Waals surface area contributed by atoms with E-state index in [0.29, 0.717) is 0 Å². The lowest BCUT2D eigenvalue weighted by Gasteiger charge is -2.12. The first-order valence-electron chi connectivity index (χ1n) is 5.34. The third kappa shape index (κ3) is 1.75. The van der Waals surface area contributed by atoms with Gasteiger partial charge in [0, 0.05) is 31.0 Å². The van der Waals surface area contributed by atoms with Gasteiger partial charge in [-0.05, 0) is 25.1 Å². The second kappa shape index (κ2) is 3.93. The molecule has 0 spiro atoms. The normalized spacial score (nSPS) is 10.6. The highest BCUT2D eigenvalue weighted by Crippen LogP contribution is 2.00. The van der Waals surface area contributed by atoms with E-state index in [1.807, 2.05) is 48.3 Å². The maximum absolute atomic E-state index is 4.42. The molecular formula is C10H11BN6. The van der Waals surface area contributed by atoms with Crippen LogP contribution in [0.2, 0.25) is 0 Å². The van der Waals surface area contributed by atoms with Crippen molar-refractivity contribution >= 4 is 7.12 Å². The van der Waals surface area contributed by atoms with Gasteiger partial charge in [-0.3, -0.25) is 13.8 Å². The molecule has 0 bridgehead atoms. The summed E-state index contributed by atoms with van der Waals surface area (Å²) in [6.07, 6.45) is 9.19. The van der Waals surface area contributed by atoms with Crippen LogP contribution in [0.15, 0.2) is 49.2 Å². The van der Waals surface area contributed by atoms with Gasteiger partial charge in [-0.1, -0.05) is 0 Å². The smallest absolute Gasteiger partial charge is 0.269 e. The lowest BCUT2D eigenvalue weighted by atomic mass is 9.96. The van der Waals surface area contributed by atoms with Crippen molar-refractivity contribution in [2.75, 3.05) is 0 Å². The molecule has 0 saturated heterocycles. The summed E-state index contributed by atoms with van der Waals surface area (Å²) >= 11 is 0. The van der Waals surface area contributed by atoms with Crippen molar-refractivity contribution < 1.29 is 0 Å². The van der Waals surface area contributed by atoms with E-state index in [0.717, 1.165) is 5.69 Å². The van der Waals surface area contributed by atoms with Gasteiger partial charge in [0.15, 0.2) is 0 Å². The molecular weight excluding hydrogens is 215 g/mol. The van der Waals surface area contributed by atoms with E-state index in [1.165, 1.54) is 0 Å². The summed E-state index contributed by atoms with van der Waals surface area (Å²) in [5, 5.41) is 12.9. The van der Waals surface area contributed by atoms with E-state index in [9.17, 15) is 0 Å². The first-order valence-corrected chi connectivity index (χ1v) is 5.34. The zero-order valence-corrected chi connectivity index (χ0v) is 9.38. The Hall–Kier alpha value is -2.31. The second-order valence-corrected chi connectivity index (χ2v) is 3.76. The van der Waals surface area contributed by atoms with Crippen molar-refractivity contribution in [1.29, 1.82) is 0 Å². The number of rotatable bonds is 3. The number of hydrogen-bond donors (Lipinski definition) is 0. The van der Waals surface area contributed by atoms with E-state index < -0.39 is 0 Å². The lowest BCUT2D eigenvalue weighted by molar-refractivity contribution is 0.767. The summed E-state index contributed by atoms with van der Waals surface area (Å²) in [7, 11) is -0.200. The maximum atomic E-state index is 4.42. The monoisotopic (exact) mass is 226 g/mol. The van der Waals surface area contributed by atoms with Crippen LogP contribution in [-0.4, -0.2) is 36.2 Å². The standard InChI is InChI=1S/C10H11BN6/c1-10-4-9-17(14-10)11(15-7-2-5-12-15)16-8-3-6-13-16/h2-9H,1H3. The maximum Gasteiger partial charge on any atom is 0.568 e. The topological polar surface area (TPSA) is 53.5 Å². The van der Waals surface area contributed by atoms with Gasteiger partial charge in [0.25, 0.3) is 0 Å². The average molecular weight is 226 g/mol. The minimum absolute atomic E-state index is 0.200. The predicted molar refractivity (Wildman–Crippen MR) is 63.4 cm³/mol. The molecule has 0 aliphatic heterocycles. The largest absolute Gasteiger partial charge is 0.568 e. The van der Waals surface area contributed by atoms with Gasteiger partial charge in [-0.15, -0.1) is 0 Å². The highest BCUT2D eigenvalue weighted by molar-refractivity contribution is 6.52. The summed E-state index contributed by atoms with van der Waals surface area (Å²) in [6.45, 7) is 1.96. The summed E-state index contributed by atoms with van der Waals surface area (Å²) < 4.78 is 5.44. The molecule has 0 radical (unpaired) electrons. The molecule has 0 fully saturated rings. The van der Waals surface area contributed by atoms with E-state index >= 15 is 0 Å². The number of hydrogen-bond acceptors (Lipinski definition) is 3. The molecule has 0 aromatic carbocycles. The van der Waals surface area contributed by atoms with E-state index in [4.69, 9.17) is 0 Å². The Bertz CT molecular complexity index is 548. The SMILES string of the molecule is Cc1ccn(B(n2cccn2)n2cccn2)n1. The summed E-state index contributed by atoms with van der Waals surface area (Å²) in [6, 6.07) is 5.72. The Kier molecular flexibility index (Phi) is 2.29. The number of nitrogens with zero attached hydrogens (tertiary/aromatic N) is 6. The van der Waals surface area contributed by atoms with Gasteiger partial charge in [0.1, 0.15) is 0 Å². The molecule has 3 rings (SSSR count). The Morgan fingerprint density at radius 3 is 2.00 bits per heavy atom. The van der Waals surface area contributed by atoms with Crippen molar-refractivity contribution in [2.45, 2.75) is 6.92 Å². The summed E-state index contributed by atoms with van der Waals surface area (Å²) in [5.74, 6) is 0. The molecule has 0 amide bonds. The quantitative estimate of drug-likeness (QED) is 0.611. The van der Waals surface area contributed by atoms with Crippen LogP contribution in [0, 0.1) is 6.92 Å².